The maximum absolute atomic E-state index is 13.8. The second-order valence-corrected chi connectivity index (χ2v) is 6.83. The zero-order chi connectivity index (χ0) is 19.8. The van der Waals surface area contributed by atoms with E-state index in [0.717, 1.165) is 6.07 Å². The third-order valence-electron chi connectivity index (χ3n) is 4.21. The zero-order valence-electron chi connectivity index (χ0n) is 14.9. The van der Waals surface area contributed by atoms with Gasteiger partial charge in [-0.1, -0.05) is 33.8 Å². The van der Waals surface area contributed by atoms with Gasteiger partial charge in [0.2, 0.25) is 0 Å². The Bertz CT molecular complexity index is 807. The minimum atomic E-state index is -4.82. The predicted octanol–water partition coefficient (Wildman–Crippen LogP) is 6.03. The Morgan fingerprint density at radius 2 is 1.42 bits per heavy atom. The maximum Gasteiger partial charge on any atom is 0.419 e. The highest BCUT2D eigenvalue weighted by Gasteiger charge is 2.34. The fourth-order valence-corrected chi connectivity index (χ4v) is 2.74. The molecule has 0 aromatic heterocycles. The van der Waals surface area contributed by atoms with Crippen molar-refractivity contribution in [3.8, 4) is 5.75 Å². The average Bonchev–Trinajstić information content (AvgIpc) is 2.52. The molecular formula is C20H20F4O2. The first-order valence-corrected chi connectivity index (χ1v) is 8.21. The fraction of sp³-hybridized carbons (Fsp3) is 0.350. The second kappa shape index (κ2) is 7.09. The van der Waals surface area contributed by atoms with Crippen LogP contribution < -0.4 is 0 Å². The highest BCUT2D eigenvalue weighted by molar-refractivity contribution is 6.09. The number of alkyl halides is 3. The summed E-state index contributed by atoms with van der Waals surface area (Å²) in [7, 11) is 0. The molecule has 0 saturated carbocycles. The smallest absolute Gasteiger partial charge is 0.419 e. The van der Waals surface area contributed by atoms with Gasteiger partial charge in [0, 0.05) is 11.1 Å². The molecule has 26 heavy (non-hydrogen) atoms. The summed E-state index contributed by atoms with van der Waals surface area (Å²) in [6.45, 7) is 7.41. The van der Waals surface area contributed by atoms with Crippen LogP contribution in [-0.4, -0.2) is 10.9 Å². The Morgan fingerprint density at radius 3 is 1.81 bits per heavy atom. The minimum absolute atomic E-state index is 0.0652. The molecule has 6 heteroatoms. The van der Waals surface area contributed by atoms with E-state index < -0.39 is 23.3 Å². The molecule has 0 heterocycles. The van der Waals surface area contributed by atoms with E-state index in [1.165, 1.54) is 12.1 Å². The number of halogens is 4. The molecule has 2 aromatic rings. The number of ketones is 1. The SMILES string of the molecule is CC(C)c1cc(C(=O)c2ccc(C(F)(F)F)c(F)c2)cc(C(C)C)c1O. The average molecular weight is 368 g/mol. The normalized spacial score (nSPS) is 12.1. The lowest BCUT2D eigenvalue weighted by Gasteiger charge is -2.17. The summed E-state index contributed by atoms with van der Waals surface area (Å²) >= 11 is 0. The summed E-state index contributed by atoms with van der Waals surface area (Å²) in [5, 5.41) is 10.4. The van der Waals surface area contributed by atoms with Crippen molar-refractivity contribution in [3.63, 3.8) is 0 Å². The minimum Gasteiger partial charge on any atom is -0.507 e. The molecule has 2 aromatic carbocycles. The van der Waals surface area contributed by atoms with Crippen LogP contribution in [0.1, 0.15) is 72.1 Å². The Kier molecular flexibility index (Phi) is 5.44. The lowest BCUT2D eigenvalue weighted by atomic mass is 9.89. The molecule has 0 aliphatic carbocycles. The number of aromatic hydroxyl groups is 1. The lowest BCUT2D eigenvalue weighted by Crippen LogP contribution is -2.11. The Labute approximate surface area is 149 Å². The molecule has 1 N–H and O–H groups in total. The van der Waals surface area contributed by atoms with Crippen molar-refractivity contribution in [2.45, 2.75) is 45.7 Å². The standard InChI is InChI=1S/C20H20F4O2/c1-10(2)14-7-13(8-15(11(3)4)19(14)26)18(25)12-5-6-16(17(21)9-12)20(22,23)24/h5-11,26H,1-4H3. The van der Waals surface area contributed by atoms with Crippen molar-refractivity contribution >= 4 is 5.78 Å². The Balaban J connectivity index is 2.55. The molecule has 2 nitrogen and oxygen atoms in total. The van der Waals surface area contributed by atoms with Gasteiger partial charge in [0.15, 0.2) is 5.78 Å². The highest BCUT2D eigenvalue weighted by atomic mass is 19.4. The van der Waals surface area contributed by atoms with Crippen LogP contribution in [0.15, 0.2) is 30.3 Å². The number of carbonyl (C=O) groups is 1. The van der Waals surface area contributed by atoms with E-state index in [1.807, 2.05) is 27.7 Å². The van der Waals surface area contributed by atoms with E-state index in [1.54, 1.807) is 0 Å². The molecule has 2 rings (SSSR count). The molecular weight excluding hydrogens is 348 g/mol. The van der Waals surface area contributed by atoms with Gasteiger partial charge >= 0.3 is 6.18 Å². The van der Waals surface area contributed by atoms with Crippen LogP contribution in [0, 0.1) is 5.82 Å². The number of carbonyl (C=O) groups excluding carboxylic acids is 1. The monoisotopic (exact) mass is 368 g/mol. The van der Waals surface area contributed by atoms with Gasteiger partial charge < -0.3 is 5.11 Å². The number of hydrogen-bond donors (Lipinski definition) is 1. The van der Waals surface area contributed by atoms with E-state index in [0.29, 0.717) is 23.3 Å². The quantitative estimate of drug-likeness (QED) is 0.529. The molecule has 0 amide bonds. The number of phenols is 1. The lowest BCUT2D eigenvalue weighted by molar-refractivity contribution is -0.140. The van der Waals surface area contributed by atoms with Crippen LogP contribution in [0.2, 0.25) is 0 Å². The van der Waals surface area contributed by atoms with Gasteiger partial charge in [-0.3, -0.25) is 4.79 Å². The molecule has 0 bridgehead atoms. The topological polar surface area (TPSA) is 37.3 Å². The number of rotatable bonds is 4. The van der Waals surface area contributed by atoms with Gasteiger partial charge in [-0.05, 0) is 47.2 Å². The van der Waals surface area contributed by atoms with Crippen LogP contribution >= 0.6 is 0 Å². The molecule has 0 unspecified atom stereocenters. The van der Waals surface area contributed by atoms with Gasteiger partial charge in [-0.15, -0.1) is 0 Å². The van der Waals surface area contributed by atoms with Crippen LogP contribution in [0.3, 0.4) is 0 Å². The molecule has 0 aliphatic heterocycles. The molecule has 0 fully saturated rings. The molecule has 0 spiro atoms. The van der Waals surface area contributed by atoms with E-state index in [9.17, 15) is 27.5 Å². The van der Waals surface area contributed by atoms with Crippen LogP contribution in [0.4, 0.5) is 17.6 Å². The van der Waals surface area contributed by atoms with Crippen LogP contribution in [0.5, 0.6) is 5.75 Å². The summed E-state index contributed by atoms with van der Waals surface area (Å²) in [6, 6.07) is 5.14. The Hall–Kier alpha value is -2.37. The van der Waals surface area contributed by atoms with Crippen molar-refractivity contribution in [1.82, 2.24) is 0 Å². The van der Waals surface area contributed by atoms with Crippen molar-refractivity contribution in [2.24, 2.45) is 0 Å². The summed E-state index contributed by atoms with van der Waals surface area (Å²) in [5.41, 5.74) is -0.260. The van der Waals surface area contributed by atoms with Crippen molar-refractivity contribution in [1.29, 1.82) is 0 Å². The largest absolute Gasteiger partial charge is 0.507 e. The molecule has 0 radical (unpaired) electrons. The third kappa shape index (κ3) is 3.89. The first kappa shape index (κ1) is 19.9. The summed E-state index contributed by atoms with van der Waals surface area (Å²) < 4.78 is 51.8. The predicted molar refractivity (Wildman–Crippen MR) is 91.1 cm³/mol. The maximum atomic E-state index is 13.8. The molecule has 0 saturated heterocycles. The van der Waals surface area contributed by atoms with E-state index in [4.69, 9.17) is 0 Å². The van der Waals surface area contributed by atoms with Gasteiger partial charge in [-0.2, -0.15) is 13.2 Å². The van der Waals surface area contributed by atoms with Crippen molar-refractivity contribution < 1.29 is 27.5 Å². The van der Waals surface area contributed by atoms with Crippen molar-refractivity contribution in [3.05, 3.63) is 64.0 Å². The van der Waals surface area contributed by atoms with E-state index >= 15 is 0 Å². The molecule has 140 valence electrons. The second-order valence-electron chi connectivity index (χ2n) is 6.83. The van der Waals surface area contributed by atoms with Crippen LogP contribution in [-0.2, 0) is 6.18 Å². The first-order chi connectivity index (χ1) is 11.9. The summed E-state index contributed by atoms with van der Waals surface area (Å²) in [5.74, 6) is -2.11. The number of benzene rings is 2. The van der Waals surface area contributed by atoms with Gasteiger partial charge in [0.25, 0.3) is 0 Å². The number of phenolic OH excluding ortho intramolecular Hbond substituents is 1. The van der Waals surface area contributed by atoms with Crippen molar-refractivity contribution in [2.75, 3.05) is 0 Å². The zero-order valence-corrected chi connectivity index (χ0v) is 14.9. The third-order valence-corrected chi connectivity index (χ3v) is 4.21. The van der Waals surface area contributed by atoms with Gasteiger partial charge in [0.05, 0.1) is 5.56 Å². The highest BCUT2D eigenvalue weighted by Crippen LogP contribution is 2.36. The number of hydrogen-bond acceptors (Lipinski definition) is 2. The van der Waals surface area contributed by atoms with E-state index in [2.05, 4.69) is 0 Å². The van der Waals surface area contributed by atoms with Gasteiger partial charge in [-0.25, -0.2) is 4.39 Å². The fourth-order valence-electron chi connectivity index (χ4n) is 2.74. The van der Waals surface area contributed by atoms with Crippen LogP contribution in [0.25, 0.3) is 0 Å². The van der Waals surface area contributed by atoms with E-state index in [-0.39, 0.29) is 28.7 Å². The first-order valence-electron chi connectivity index (χ1n) is 8.21. The molecule has 0 atom stereocenters. The van der Waals surface area contributed by atoms with Gasteiger partial charge in [0.1, 0.15) is 11.6 Å². The summed E-state index contributed by atoms with van der Waals surface area (Å²) in [4.78, 5) is 12.7. The summed E-state index contributed by atoms with van der Waals surface area (Å²) in [6.07, 6.45) is -4.82. The molecule has 0 aliphatic rings. The Morgan fingerprint density at radius 1 is 0.923 bits per heavy atom.